The van der Waals surface area contributed by atoms with Crippen molar-refractivity contribution in [3.8, 4) is 0 Å². The van der Waals surface area contributed by atoms with Crippen molar-refractivity contribution < 1.29 is 14.3 Å². The number of benzene rings is 3. The fraction of sp³-hybridized carbons (Fsp3) is 0.148. The van der Waals surface area contributed by atoms with Crippen molar-refractivity contribution in [1.82, 2.24) is 0 Å². The molecule has 5 heteroatoms. The molecule has 0 aliphatic carbocycles. The monoisotopic (exact) mass is 441 g/mol. The molecule has 0 aromatic heterocycles. The molecule has 4 rings (SSSR count). The average molecular weight is 442 g/mol. The normalized spacial score (nSPS) is 13.6. The van der Waals surface area contributed by atoms with Gasteiger partial charge in [0.1, 0.15) is 4.99 Å². The number of hydrogen-bond acceptors (Lipinski definition) is 4. The van der Waals surface area contributed by atoms with Gasteiger partial charge >= 0.3 is 5.97 Å². The van der Waals surface area contributed by atoms with Crippen LogP contribution in [0.1, 0.15) is 28.7 Å². The van der Waals surface area contributed by atoms with E-state index in [1.807, 2.05) is 85.8 Å². The molecular weight excluding hydrogens is 418 g/mol. The first kappa shape index (κ1) is 21.7. The molecule has 1 amide bonds. The molecule has 0 N–H and O–H groups in total. The minimum Gasteiger partial charge on any atom is -0.469 e. The molecule has 3 aromatic carbocycles. The number of esters is 1. The quantitative estimate of drug-likeness (QED) is 0.380. The van der Waals surface area contributed by atoms with Crippen LogP contribution in [0.25, 0.3) is 11.1 Å². The standard InChI is InChI=1S/C27H23NO3S/c1-18-12-14-20(15-13-18)24-25(22-11-7-6-8-19(22)16-17-23(29)31-2)27(32)28(26(24)30)21-9-4-3-5-10-21/h3-15H,16-17H2,1-2H3. The summed E-state index contributed by atoms with van der Waals surface area (Å²) in [6.45, 7) is 2.01. The van der Waals surface area contributed by atoms with Gasteiger partial charge in [-0.15, -0.1) is 0 Å². The molecule has 32 heavy (non-hydrogen) atoms. The van der Waals surface area contributed by atoms with E-state index in [-0.39, 0.29) is 18.3 Å². The Labute approximate surface area is 193 Å². The number of carbonyl (C=O) groups is 2. The predicted octanol–water partition coefficient (Wildman–Crippen LogP) is 5.39. The molecule has 0 fully saturated rings. The van der Waals surface area contributed by atoms with Gasteiger partial charge in [0.25, 0.3) is 5.91 Å². The summed E-state index contributed by atoms with van der Waals surface area (Å²) >= 11 is 5.88. The zero-order valence-electron chi connectivity index (χ0n) is 18.0. The van der Waals surface area contributed by atoms with Gasteiger partial charge in [-0.1, -0.05) is 84.5 Å². The Morgan fingerprint density at radius 3 is 2.25 bits per heavy atom. The maximum atomic E-state index is 13.7. The average Bonchev–Trinajstić information content (AvgIpc) is 3.08. The van der Waals surface area contributed by atoms with Gasteiger partial charge in [0, 0.05) is 12.0 Å². The second-order valence-electron chi connectivity index (χ2n) is 7.63. The lowest BCUT2D eigenvalue weighted by Crippen LogP contribution is -2.30. The van der Waals surface area contributed by atoms with Crippen LogP contribution in [0, 0.1) is 6.92 Å². The third kappa shape index (κ3) is 4.12. The van der Waals surface area contributed by atoms with Gasteiger partial charge in [0.2, 0.25) is 0 Å². The first-order chi connectivity index (χ1) is 15.5. The summed E-state index contributed by atoms with van der Waals surface area (Å²) in [5, 5.41) is 0. The molecule has 1 heterocycles. The number of methoxy groups -OCH3 is 1. The Morgan fingerprint density at radius 2 is 1.56 bits per heavy atom. The minimum atomic E-state index is -0.275. The van der Waals surface area contributed by atoms with Crippen LogP contribution in [-0.4, -0.2) is 24.0 Å². The number of anilines is 1. The summed E-state index contributed by atoms with van der Waals surface area (Å²) in [4.78, 5) is 27.5. The number of para-hydroxylation sites is 1. The highest BCUT2D eigenvalue weighted by atomic mass is 32.1. The maximum absolute atomic E-state index is 13.7. The molecule has 4 nitrogen and oxygen atoms in total. The van der Waals surface area contributed by atoms with E-state index in [0.29, 0.717) is 17.0 Å². The van der Waals surface area contributed by atoms with Gasteiger partial charge in [-0.2, -0.15) is 0 Å². The second-order valence-corrected chi connectivity index (χ2v) is 8.02. The molecule has 0 saturated heterocycles. The van der Waals surface area contributed by atoms with E-state index >= 15 is 0 Å². The summed E-state index contributed by atoms with van der Waals surface area (Å²) in [5.41, 5.74) is 5.77. The van der Waals surface area contributed by atoms with Crippen LogP contribution >= 0.6 is 12.2 Å². The van der Waals surface area contributed by atoms with Gasteiger partial charge < -0.3 is 4.74 Å². The van der Waals surface area contributed by atoms with Crippen LogP contribution in [0.5, 0.6) is 0 Å². The third-order valence-electron chi connectivity index (χ3n) is 5.55. The van der Waals surface area contributed by atoms with E-state index in [9.17, 15) is 9.59 Å². The van der Waals surface area contributed by atoms with E-state index < -0.39 is 0 Å². The number of rotatable bonds is 6. The molecular formula is C27H23NO3S. The van der Waals surface area contributed by atoms with Crippen molar-refractivity contribution in [3.63, 3.8) is 0 Å². The number of hydrogen-bond donors (Lipinski definition) is 0. The van der Waals surface area contributed by atoms with Crippen LogP contribution in [0.2, 0.25) is 0 Å². The molecule has 3 aromatic rings. The lowest BCUT2D eigenvalue weighted by atomic mass is 9.91. The van der Waals surface area contributed by atoms with Crippen molar-refractivity contribution in [2.45, 2.75) is 19.8 Å². The zero-order valence-corrected chi connectivity index (χ0v) is 18.8. The number of carbonyl (C=O) groups excluding carboxylic acids is 2. The number of amides is 1. The summed E-state index contributed by atoms with van der Waals surface area (Å²) in [6.07, 6.45) is 0.749. The summed E-state index contributed by atoms with van der Waals surface area (Å²) in [7, 11) is 1.38. The van der Waals surface area contributed by atoms with E-state index in [1.165, 1.54) is 7.11 Å². The number of thiocarbonyl (C=S) groups is 1. The summed E-state index contributed by atoms with van der Waals surface area (Å²) in [5.74, 6) is -0.425. The smallest absolute Gasteiger partial charge is 0.305 e. The highest BCUT2D eigenvalue weighted by molar-refractivity contribution is 7.82. The van der Waals surface area contributed by atoms with Gasteiger partial charge in [-0.05, 0) is 42.2 Å². The Morgan fingerprint density at radius 1 is 0.906 bits per heavy atom. The first-order valence-corrected chi connectivity index (χ1v) is 10.8. The van der Waals surface area contributed by atoms with Crippen LogP contribution in [0.4, 0.5) is 5.69 Å². The molecule has 160 valence electrons. The molecule has 1 aliphatic heterocycles. The van der Waals surface area contributed by atoms with Crippen LogP contribution < -0.4 is 4.90 Å². The fourth-order valence-electron chi connectivity index (χ4n) is 3.90. The highest BCUT2D eigenvalue weighted by Gasteiger charge is 2.38. The molecule has 0 radical (unpaired) electrons. The lowest BCUT2D eigenvalue weighted by Gasteiger charge is -2.18. The van der Waals surface area contributed by atoms with Gasteiger partial charge in [0.05, 0.1) is 18.4 Å². The Kier molecular flexibility index (Phi) is 6.28. The zero-order chi connectivity index (χ0) is 22.7. The number of nitrogens with zero attached hydrogens (tertiary/aromatic N) is 1. The molecule has 0 saturated carbocycles. The minimum absolute atomic E-state index is 0.150. The van der Waals surface area contributed by atoms with Crippen molar-refractivity contribution in [2.75, 3.05) is 12.0 Å². The summed E-state index contributed by atoms with van der Waals surface area (Å²) in [6, 6.07) is 25.1. The molecule has 0 atom stereocenters. The molecule has 0 spiro atoms. The first-order valence-electron chi connectivity index (χ1n) is 10.4. The molecule has 1 aliphatic rings. The van der Waals surface area contributed by atoms with Crippen LogP contribution in [0.15, 0.2) is 78.9 Å². The van der Waals surface area contributed by atoms with Crippen LogP contribution in [0.3, 0.4) is 0 Å². The molecule has 0 unspecified atom stereocenters. The fourth-order valence-corrected chi connectivity index (χ4v) is 4.30. The molecule has 0 bridgehead atoms. The van der Waals surface area contributed by atoms with Crippen molar-refractivity contribution in [3.05, 3.63) is 101 Å². The third-order valence-corrected chi connectivity index (χ3v) is 5.94. The van der Waals surface area contributed by atoms with E-state index in [1.54, 1.807) is 4.90 Å². The van der Waals surface area contributed by atoms with Gasteiger partial charge in [-0.25, -0.2) is 0 Å². The maximum Gasteiger partial charge on any atom is 0.305 e. The number of aryl methyl sites for hydroxylation is 2. The Hall–Kier alpha value is -3.57. The second kappa shape index (κ2) is 9.28. The SMILES string of the molecule is COC(=O)CCc1ccccc1C1=C(c2ccc(C)cc2)C(=O)N(c2ccccc2)C1=S. The largest absolute Gasteiger partial charge is 0.469 e. The Balaban J connectivity index is 1.88. The predicted molar refractivity (Wildman–Crippen MR) is 131 cm³/mol. The van der Waals surface area contributed by atoms with Gasteiger partial charge in [-0.3, -0.25) is 14.5 Å². The number of ether oxygens (including phenoxy) is 1. The van der Waals surface area contributed by atoms with Crippen LogP contribution in [-0.2, 0) is 20.7 Å². The topological polar surface area (TPSA) is 46.6 Å². The van der Waals surface area contributed by atoms with E-state index in [4.69, 9.17) is 17.0 Å². The van der Waals surface area contributed by atoms with E-state index in [2.05, 4.69) is 0 Å². The van der Waals surface area contributed by atoms with Gasteiger partial charge in [0.15, 0.2) is 0 Å². The van der Waals surface area contributed by atoms with E-state index in [0.717, 1.165) is 33.5 Å². The lowest BCUT2D eigenvalue weighted by molar-refractivity contribution is -0.140. The Bertz CT molecular complexity index is 1210. The van der Waals surface area contributed by atoms with Crippen molar-refractivity contribution in [2.24, 2.45) is 0 Å². The van der Waals surface area contributed by atoms with Crippen molar-refractivity contribution >= 4 is 45.9 Å². The van der Waals surface area contributed by atoms with Crippen molar-refractivity contribution in [1.29, 1.82) is 0 Å². The summed E-state index contributed by atoms with van der Waals surface area (Å²) < 4.78 is 4.81. The highest BCUT2D eigenvalue weighted by Crippen LogP contribution is 2.40.